The number of hydrogen-bond donors (Lipinski definition) is 1. The molecule has 0 saturated carbocycles. The molecule has 5 heteroatoms. The average Bonchev–Trinajstić information content (AvgIpc) is 3.17. The molecule has 1 atom stereocenters. The molecule has 1 amide bonds. The van der Waals surface area contributed by atoms with Crippen molar-refractivity contribution in [3.8, 4) is 11.3 Å². The van der Waals surface area contributed by atoms with E-state index >= 15 is 0 Å². The molecule has 5 nitrogen and oxygen atoms in total. The van der Waals surface area contributed by atoms with E-state index in [0.29, 0.717) is 13.2 Å². The average molecular weight is 272 g/mol. The van der Waals surface area contributed by atoms with Crippen LogP contribution in [0, 0.1) is 0 Å². The van der Waals surface area contributed by atoms with Crippen molar-refractivity contribution in [3.05, 3.63) is 42.4 Å². The molecule has 0 aliphatic carbocycles. The van der Waals surface area contributed by atoms with Gasteiger partial charge < -0.3 is 14.5 Å². The molecule has 0 spiro atoms. The highest BCUT2D eigenvalue weighted by atomic mass is 16.5. The lowest BCUT2D eigenvalue weighted by molar-refractivity contribution is -0.130. The van der Waals surface area contributed by atoms with Crippen LogP contribution in [0.3, 0.4) is 0 Å². The van der Waals surface area contributed by atoms with Crippen LogP contribution >= 0.6 is 0 Å². The van der Waals surface area contributed by atoms with Crippen molar-refractivity contribution in [1.82, 2.24) is 10.3 Å². The summed E-state index contributed by atoms with van der Waals surface area (Å²) in [5, 5.41) is 2.88. The first-order valence-corrected chi connectivity index (χ1v) is 6.70. The van der Waals surface area contributed by atoms with Crippen LogP contribution in [0.25, 0.3) is 11.3 Å². The summed E-state index contributed by atoms with van der Waals surface area (Å²) >= 11 is 0. The minimum Gasteiger partial charge on any atom is -0.464 e. The predicted molar refractivity (Wildman–Crippen MR) is 72.8 cm³/mol. The van der Waals surface area contributed by atoms with Gasteiger partial charge in [0.15, 0.2) is 0 Å². The second-order valence-corrected chi connectivity index (χ2v) is 4.78. The number of carbonyl (C=O) groups is 1. The Morgan fingerprint density at radius 3 is 3.15 bits per heavy atom. The third-order valence-electron chi connectivity index (χ3n) is 3.29. The van der Waals surface area contributed by atoms with Gasteiger partial charge in [-0.2, -0.15) is 0 Å². The molecular weight excluding hydrogens is 256 g/mol. The van der Waals surface area contributed by atoms with Crippen LogP contribution in [-0.4, -0.2) is 23.6 Å². The molecule has 0 radical (unpaired) electrons. The summed E-state index contributed by atoms with van der Waals surface area (Å²) in [7, 11) is 0. The van der Waals surface area contributed by atoms with E-state index in [2.05, 4.69) is 10.3 Å². The number of ether oxygens (including phenoxy) is 1. The number of rotatable bonds is 4. The Morgan fingerprint density at radius 2 is 2.40 bits per heavy atom. The van der Waals surface area contributed by atoms with Gasteiger partial charge in [0.1, 0.15) is 11.9 Å². The monoisotopic (exact) mass is 272 g/mol. The largest absolute Gasteiger partial charge is 0.464 e. The third-order valence-corrected chi connectivity index (χ3v) is 3.29. The first-order chi connectivity index (χ1) is 9.83. The zero-order valence-electron chi connectivity index (χ0n) is 11.0. The third kappa shape index (κ3) is 2.88. The number of nitrogens with one attached hydrogen (secondary N) is 1. The van der Waals surface area contributed by atoms with E-state index in [9.17, 15) is 4.79 Å². The van der Waals surface area contributed by atoms with Crippen molar-refractivity contribution in [2.45, 2.75) is 25.5 Å². The van der Waals surface area contributed by atoms with Gasteiger partial charge in [-0.3, -0.25) is 9.78 Å². The fraction of sp³-hybridized carbons (Fsp3) is 0.333. The SMILES string of the molecule is O=C(NCc1cncc(-c2ccco2)c1)C1CCCO1. The lowest BCUT2D eigenvalue weighted by atomic mass is 10.1. The summed E-state index contributed by atoms with van der Waals surface area (Å²) in [5.41, 5.74) is 1.84. The minimum atomic E-state index is -0.295. The van der Waals surface area contributed by atoms with E-state index in [4.69, 9.17) is 9.15 Å². The van der Waals surface area contributed by atoms with Crippen LogP contribution in [0.2, 0.25) is 0 Å². The number of furan rings is 1. The van der Waals surface area contributed by atoms with Crippen LogP contribution in [0.15, 0.2) is 41.3 Å². The summed E-state index contributed by atoms with van der Waals surface area (Å²) in [6, 6.07) is 5.68. The number of amides is 1. The Morgan fingerprint density at radius 1 is 1.45 bits per heavy atom. The number of hydrogen-bond acceptors (Lipinski definition) is 4. The number of nitrogens with zero attached hydrogens (tertiary/aromatic N) is 1. The van der Waals surface area contributed by atoms with Gasteiger partial charge >= 0.3 is 0 Å². The van der Waals surface area contributed by atoms with Crippen molar-refractivity contribution < 1.29 is 13.9 Å². The maximum atomic E-state index is 11.9. The Hall–Kier alpha value is -2.14. The van der Waals surface area contributed by atoms with Gasteiger partial charge in [-0.1, -0.05) is 0 Å². The normalized spacial score (nSPS) is 18.1. The molecule has 1 unspecified atom stereocenters. The summed E-state index contributed by atoms with van der Waals surface area (Å²) < 4.78 is 10.7. The second kappa shape index (κ2) is 5.88. The number of pyridine rings is 1. The summed E-state index contributed by atoms with van der Waals surface area (Å²) in [5.74, 6) is 0.718. The summed E-state index contributed by atoms with van der Waals surface area (Å²) in [6.07, 6.45) is 6.56. The van der Waals surface area contributed by atoms with Gasteiger partial charge in [-0.15, -0.1) is 0 Å². The maximum Gasteiger partial charge on any atom is 0.249 e. The Bertz CT molecular complexity index is 575. The van der Waals surface area contributed by atoms with Crippen molar-refractivity contribution in [3.63, 3.8) is 0 Å². The molecule has 3 rings (SSSR count). The van der Waals surface area contributed by atoms with Gasteiger partial charge in [0, 0.05) is 31.1 Å². The molecule has 1 aliphatic rings. The summed E-state index contributed by atoms with van der Waals surface area (Å²) in [6.45, 7) is 1.12. The molecule has 1 fully saturated rings. The molecule has 1 saturated heterocycles. The molecule has 2 aromatic heterocycles. The predicted octanol–water partition coefficient (Wildman–Crippen LogP) is 2.14. The molecule has 1 N–H and O–H groups in total. The molecule has 104 valence electrons. The van der Waals surface area contributed by atoms with E-state index in [1.807, 2.05) is 18.2 Å². The van der Waals surface area contributed by atoms with Crippen LogP contribution < -0.4 is 5.32 Å². The highest BCUT2D eigenvalue weighted by Gasteiger charge is 2.23. The molecule has 3 heterocycles. The smallest absolute Gasteiger partial charge is 0.249 e. The highest BCUT2D eigenvalue weighted by Crippen LogP contribution is 2.19. The molecule has 20 heavy (non-hydrogen) atoms. The van der Waals surface area contributed by atoms with Crippen LogP contribution in [0.5, 0.6) is 0 Å². The Balaban J connectivity index is 1.63. The van der Waals surface area contributed by atoms with Gasteiger partial charge in [0.2, 0.25) is 5.91 Å². The van der Waals surface area contributed by atoms with Crippen LogP contribution in [0.4, 0.5) is 0 Å². The first kappa shape index (κ1) is 12.9. The number of aromatic nitrogens is 1. The van der Waals surface area contributed by atoms with E-state index in [1.165, 1.54) is 0 Å². The van der Waals surface area contributed by atoms with Gasteiger partial charge in [0.05, 0.1) is 6.26 Å². The van der Waals surface area contributed by atoms with Crippen LogP contribution in [0.1, 0.15) is 18.4 Å². The van der Waals surface area contributed by atoms with E-state index in [-0.39, 0.29) is 12.0 Å². The first-order valence-electron chi connectivity index (χ1n) is 6.70. The van der Waals surface area contributed by atoms with Crippen LogP contribution in [-0.2, 0) is 16.1 Å². The maximum absolute atomic E-state index is 11.9. The van der Waals surface area contributed by atoms with Crippen molar-refractivity contribution >= 4 is 5.91 Å². The molecular formula is C15H16N2O3. The Kier molecular flexibility index (Phi) is 3.78. The fourth-order valence-electron chi connectivity index (χ4n) is 2.25. The Labute approximate surface area is 117 Å². The van der Waals surface area contributed by atoms with Gasteiger partial charge in [-0.25, -0.2) is 0 Å². The van der Waals surface area contributed by atoms with Gasteiger partial charge in [-0.05, 0) is 36.6 Å². The highest BCUT2D eigenvalue weighted by molar-refractivity contribution is 5.80. The molecule has 2 aromatic rings. The zero-order valence-corrected chi connectivity index (χ0v) is 11.0. The lowest BCUT2D eigenvalue weighted by Crippen LogP contribution is -2.33. The summed E-state index contributed by atoms with van der Waals surface area (Å²) in [4.78, 5) is 16.0. The van der Waals surface area contributed by atoms with E-state index < -0.39 is 0 Å². The van der Waals surface area contributed by atoms with E-state index in [0.717, 1.165) is 29.7 Å². The molecule has 0 bridgehead atoms. The fourth-order valence-corrected chi connectivity index (χ4v) is 2.25. The van der Waals surface area contributed by atoms with E-state index in [1.54, 1.807) is 18.7 Å². The molecule has 0 aromatic carbocycles. The van der Waals surface area contributed by atoms with Crippen molar-refractivity contribution in [2.24, 2.45) is 0 Å². The number of carbonyl (C=O) groups excluding carboxylic acids is 1. The topological polar surface area (TPSA) is 64.4 Å². The quantitative estimate of drug-likeness (QED) is 0.926. The second-order valence-electron chi connectivity index (χ2n) is 4.78. The lowest BCUT2D eigenvalue weighted by Gasteiger charge is -2.10. The van der Waals surface area contributed by atoms with Crippen molar-refractivity contribution in [1.29, 1.82) is 0 Å². The van der Waals surface area contributed by atoms with Gasteiger partial charge in [0.25, 0.3) is 0 Å². The molecule has 1 aliphatic heterocycles. The standard InChI is InChI=1S/C15H16N2O3/c18-15(14-4-2-6-20-14)17-9-11-7-12(10-16-8-11)13-3-1-5-19-13/h1,3,5,7-8,10,14H,2,4,6,9H2,(H,17,18). The zero-order chi connectivity index (χ0) is 13.8. The van der Waals surface area contributed by atoms with Crippen molar-refractivity contribution in [2.75, 3.05) is 6.61 Å². The minimum absolute atomic E-state index is 0.0501.